The van der Waals surface area contributed by atoms with Crippen LogP contribution in [0.3, 0.4) is 0 Å². The second-order valence-corrected chi connectivity index (χ2v) is 8.52. The molecule has 0 spiro atoms. The van der Waals surface area contributed by atoms with E-state index in [4.69, 9.17) is 0 Å². The number of nitrogens with one attached hydrogen (secondary N) is 2. The average molecular weight is 424 g/mol. The highest BCUT2D eigenvalue weighted by molar-refractivity contribution is 7.16. The van der Waals surface area contributed by atoms with Crippen LogP contribution >= 0.6 is 11.3 Å². The minimum atomic E-state index is -0.338. The Balaban J connectivity index is 1.44. The molecule has 4 rings (SSSR count). The Hall–Kier alpha value is -3.06. The molecule has 5 nitrogen and oxygen atoms in total. The van der Waals surface area contributed by atoms with Crippen LogP contribution in [0.1, 0.15) is 50.8 Å². The third-order valence-corrected chi connectivity index (χ3v) is 6.23. The van der Waals surface area contributed by atoms with Gasteiger partial charge in [0.05, 0.1) is 11.6 Å². The zero-order valence-corrected chi connectivity index (χ0v) is 17.4. The number of thiazole rings is 1. The Morgan fingerprint density at radius 3 is 2.60 bits per heavy atom. The molecule has 1 unspecified atom stereocenters. The van der Waals surface area contributed by atoms with Crippen molar-refractivity contribution in [2.75, 3.05) is 5.32 Å². The van der Waals surface area contributed by atoms with Crippen LogP contribution in [0.4, 0.5) is 9.52 Å². The minimum absolute atomic E-state index is 0.0954. The predicted octanol–water partition coefficient (Wildman–Crippen LogP) is 4.58. The first-order valence-corrected chi connectivity index (χ1v) is 10.7. The number of aryl methyl sites for hydroxylation is 2. The van der Waals surface area contributed by atoms with Crippen LogP contribution < -0.4 is 10.6 Å². The molecule has 0 saturated carbocycles. The van der Waals surface area contributed by atoms with E-state index < -0.39 is 0 Å². The number of carbonyl (C=O) groups is 2. The molecule has 0 bridgehead atoms. The van der Waals surface area contributed by atoms with Gasteiger partial charge in [-0.2, -0.15) is 0 Å². The third kappa shape index (κ3) is 4.57. The van der Waals surface area contributed by atoms with Gasteiger partial charge in [-0.15, -0.1) is 11.3 Å². The molecule has 1 aromatic heterocycles. The van der Waals surface area contributed by atoms with E-state index in [0.717, 1.165) is 41.0 Å². The molecule has 7 heteroatoms. The van der Waals surface area contributed by atoms with Gasteiger partial charge in [0.2, 0.25) is 5.91 Å². The average Bonchev–Trinajstić information content (AvgIpc) is 3.16. The number of benzene rings is 2. The van der Waals surface area contributed by atoms with Crippen molar-refractivity contribution < 1.29 is 14.0 Å². The van der Waals surface area contributed by atoms with Gasteiger partial charge in [0.1, 0.15) is 5.82 Å². The third-order valence-electron chi connectivity index (χ3n) is 5.18. The molecule has 0 fully saturated rings. The number of halogens is 1. The molecule has 1 aliphatic carbocycles. The summed E-state index contributed by atoms with van der Waals surface area (Å²) < 4.78 is 13.0. The predicted molar refractivity (Wildman–Crippen MR) is 115 cm³/mol. The number of aromatic nitrogens is 1. The number of hydrogen-bond acceptors (Lipinski definition) is 4. The van der Waals surface area contributed by atoms with Crippen molar-refractivity contribution in [3.63, 3.8) is 0 Å². The number of amides is 2. The summed E-state index contributed by atoms with van der Waals surface area (Å²) in [5.41, 5.74) is 3.25. The van der Waals surface area contributed by atoms with Gasteiger partial charge in [0, 0.05) is 17.0 Å². The maximum atomic E-state index is 13.0. The lowest BCUT2D eigenvalue weighted by molar-refractivity contribution is -0.123. The normalized spacial score (nSPS) is 15.3. The lowest BCUT2D eigenvalue weighted by Gasteiger charge is -2.20. The summed E-state index contributed by atoms with van der Waals surface area (Å²) in [5.74, 6) is -0.944. The molecule has 1 atom stereocenters. The molecule has 1 heterocycles. The molecule has 154 valence electrons. The van der Waals surface area contributed by atoms with E-state index in [1.807, 2.05) is 19.1 Å². The van der Waals surface area contributed by atoms with Gasteiger partial charge in [-0.3, -0.25) is 14.9 Å². The molecular formula is C23H22FN3O2S. The number of fused-ring (bicyclic) bond motifs is 1. The van der Waals surface area contributed by atoms with Gasteiger partial charge in [-0.05, 0) is 56.0 Å². The van der Waals surface area contributed by atoms with Gasteiger partial charge in [-0.1, -0.05) is 29.8 Å². The van der Waals surface area contributed by atoms with Gasteiger partial charge < -0.3 is 5.32 Å². The fourth-order valence-corrected chi connectivity index (χ4v) is 4.58. The number of carbonyl (C=O) groups excluding carboxylic acids is 2. The smallest absolute Gasteiger partial charge is 0.257 e. The van der Waals surface area contributed by atoms with Crippen LogP contribution in [0, 0.1) is 12.7 Å². The molecule has 2 amide bonds. The van der Waals surface area contributed by atoms with Gasteiger partial charge >= 0.3 is 0 Å². The standard InChI is InChI=1S/C23H22FN3O2S/c1-14-5-9-16(10-6-14)21(28)27-23-26-20-18(3-2-4-19(20)30-23)22(29)25-13-15-7-11-17(24)12-8-15/h5-12,18H,2-4,13H2,1H3,(H,25,29)(H,26,27,28). The van der Waals surface area contributed by atoms with Crippen molar-refractivity contribution >= 4 is 28.3 Å². The molecule has 0 radical (unpaired) electrons. The molecule has 2 aromatic carbocycles. The monoisotopic (exact) mass is 423 g/mol. The van der Waals surface area contributed by atoms with Gasteiger partial charge in [0.25, 0.3) is 5.91 Å². The van der Waals surface area contributed by atoms with Crippen molar-refractivity contribution in [2.45, 2.75) is 38.6 Å². The largest absolute Gasteiger partial charge is 0.351 e. The first-order valence-electron chi connectivity index (χ1n) is 9.89. The zero-order chi connectivity index (χ0) is 21.1. The molecule has 0 aliphatic heterocycles. The first kappa shape index (κ1) is 20.2. The highest BCUT2D eigenvalue weighted by atomic mass is 32.1. The van der Waals surface area contributed by atoms with E-state index in [1.54, 1.807) is 24.3 Å². The summed E-state index contributed by atoms with van der Waals surface area (Å²) >= 11 is 1.43. The Labute approximate surface area is 178 Å². The number of nitrogens with zero attached hydrogens (tertiary/aromatic N) is 1. The first-order chi connectivity index (χ1) is 14.5. The summed E-state index contributed by atoms with van der Waals surface area (Å²) in [6, 6.07) is 13.4. The molecule has 0 saturated heterocycles. The number of hydrogen-bond donors (Lipinski definition) is 2. The van der Waals surface area contributed by atoms with Crippen LogP contribution in [0.2, 0.25) is 0 Å². The van der Waals surface area contributed by atoms with Crippen LogP contribution in [-0.4, -0.2) is 16.8 Å². The molecule has 30 heavy (non-hydrogen) atoms. The van der Waals surface area contributed by atoms with Crippen molar-refractivity contribution in [3.05, 3.63) is 81.6 Å². The maximum Gasteiger partial charge on any atom is 0.257 e. The summed E-state index contributed by atoms with van der Waals surface area (Å²) in [4.78, 5) is 30.9. The summed E-state index contributed by atoms with van der Waals surface area (Å²) in [6.45, 7) is 2.31. The Morgan fingerprint density at radius 1 is 1.13 bits per heavy atom. The van der Waals surface area contributed by atoms with Crippen LogP contribution in [0.15, 0.2) is 48.5 Å². The fourth-order valence-electron chi connectivity index (χ4n) is 3.52. The van der Waals surface area contributed by atoms with Gasteiger partial charge in [-0.25, -0.2) is 9.37 Å². The summed E-state index contributed by atoms with van der Waals surface area (Å²) in [6.07, 6.45) is 2.47. The molecule has 1 aliphatic rings. The topological polar surface area (TPSA) is 71.1 Å². The summed E-state index contributed by atoms with van der Waals surface area (Å²) in [5, 5.41) is 6.30. The van der Waals surface area contributed by atoms with E-state index in [-0.39, 0.29) is 23.5 Å². The second kappa shape index (κ2) is 8.75. The van der Waals surface area contributed by atoms with E-state index in [9.17, 15) is 14.0 Å². The van der Waals surface area contributed by atoms with Crippen molar-refractivity contribution in [3.8, 4) is 0 Å². The minimum Gasteiger partial charge on any atom is -0.351 e. The Kier molecular flexibility index (Phi) is 5.90. The van der Waals surface area contributed by atoms with Crippen molar-refractivity contribution in [2.24, 2.45) is 0 Å². The van der Waals surface area contributed by atoms with E-state index in [2.05, 4.69) is 15.6 Å². The highest BCUT2D eigenvalue weighted by Crippen LogP contribution is 2.37. The molecule has 2 N–H and O–H groups in total. The lowest BCUT2D eigenvalue weighted by atomic mass is 9.90. The highest BCUT2D eigenvalue weighted by Gasteiger charge is 2.30. The van der Waals surface area contributed by atoms with Crippen LogP contribution in [0.25, 0.3) is 0 Å². The Bertz CT molecular complexity index is 1060. The fraction of sp³-hybridized carbons (Fsp3) is 0.261. The maximum absolute atomic E-state index is 13.0. The lowest BCUT2D eigenvalue weighted by Crippen LogP contribution is -2.31. The SMILES string of the molecule is Cc1ccc(C(=O)Nc2nc3c(s2)CCCC3C(=O)NCc2ccc(F)cc2)cc1. The molecule has 3 aromatic rings. The van der Waals surface area contributed by atoms with Crippen LogP contribution in [-0.2, 0) is 17.8 Å². The quantitative estimate of drug-likeness (QED) is 0.631. The molecular weight excluding hydrogens is 401 g/mol. The second-order valence-electron chi connectivity index (χ2n) is 7.44. The van der Waals surface area contributed by atoms with Crippen molar-refractivity contribution in [1.82, 2.24) is 10.3 Å². The van der Waals surface area contributed by atoms with Gasteiger partial charge in [0.15, 0.2) is 5.13 Å². The Morgan fingerprint density at radius 2 is 1.87 bits per heavy atom. The van der Waals surface area contributed by atoms with E-state index >= 15 is 0 Å². The zero-order valence-electron chi connectivity index (χ0n) is 16.6. The van der Waals surface area contributed by atoms with Crippen LogP contribution in [0.5, 0.6) is 0 Å². The van der Waals surface area contributed by atoms with E-state index in [0.29, 0.717) is 17.2 Å². The van der Waals surface area contributed by atoms with Crippen molar-refractivity contribution in [1.29, 1.82) is 0 Å². The number of anilines is 1. The number of rotatable bonds is 5. The summed E-state index contributed by atoms with van der Waals surface area (Å²) in [7, 11) is 0. The van der Waals surface area contributed by atoms with E-state index in [1.165, 1.54) is 23.5 Å².